The van der Waals surface area contributed by atoms with Gasteiger partial charge in [0.25, 0.3) is 0 Å². The monoisotopic (exact) mass is 511 g/mol. The highest BCUT2D eigenvalue weighted by atomic mass is 32.2. The molecule has 4 rings (SSSR count). The average Bonchev–Trinajstić information content (AvgIpc) is 3.44. The summed E-state index contributed by atoms with van der Waals surface area (Å²) in [7, 11) is 1.27. The fourth-order valence-electron chi connectivity index (χ4n) is 3.77. The third kappa shape index (κ3) is 6.42. The number of nitrogens with zero attached hydrogens (tertiary/aromatic N) is 3. The molecular weight excluding hydrogens is 486 g/mol. The summed E-state index contributed by atoms with van der Waals surface area (Å²) >= 11 is 1.15. The van der Waals surface area contributed by atoms with Crippen LogP contribution in [0.15, 0.2) is 78.2 Å². The number of nitrogens with one attached hydrogen (secondary N) is 2. The van der Waals surface area contributed by atoms with Crippen molar-refractivity contribution in [1.29, 1.82) is 5.26 Å². The molecule has 0 fully saturated rings. The van der Waals surface area contributed by atoms with Crippen LogP contribution < -0.4 is 5.32 Å². The average molecular weight is 512 g/mol. The summed E-state index contributed by atoms with van der Waals surface area (Å²) in [6.45, 7) is 2.00. The van der Waals surface area contributed by atoms with E-state index in [9.17, 15) is 14.9 Å². The molecule has 0 bridgehead atoms. The number of aromatic nitrogens is 3. The van der Waals surface area contributed by atoms with E-state index in [1.165, 1.54) is 13.4 Å². The van der Waals surface area contributed by atoms with E-state index >= 15 is 0 Å². The molecule has 0 aliphatic heterocycles. The number of H-pyrrole nitrogens is 1. The number of aryl methyl sites for hydroxylation is 1. The van der Waals surface area contributed by atoms with Crippen LogP contribution in [0.3, 0.4) is 0 Å². The second-order valence-electron chi connectivity index (χ2n) is 8.29. The molecule has 186 valence electrons. The lowest BCUT2D eigenvalue weighted by atomic mass is 9.98. The number of aromatic amines is 1. The zero-order valence-electron chi connectivity index (χ0n) is 20.4. The van der Waals surface area contributed by atoms with Crippen molar-refractivity contribution in [3.63, 3.8) is 0 Å². The van der Waals surface area contributed by atoms with Gasteiger partial charge in [-0.25, -0.2) is 14.8 Å². The largest absolute Gasteiger partial charge is 0.467 e. The summed E-state index contributed by atoms with van der Waals surface area (Å²) in [5.74, 6) is -0.979. The van der Waals surface area contributed by atoms with E-state index in [1.807, 2.05) is 67.6 Å². The predicted octanol–water partition coefficient (Wildman–Crippen LogP) is 4.31. The number of nitriles is 1. The highest BCUT2D eigenvalue weighted by molar-refractivity contribution is 8.00. The van der Waals surface area contributed by atoms with Crippen molar-refractivity contribution in [1.82, 2.24) is 20.3 Å². The second-order valence-corrected chi connectivity index (χ2v) is 9.26. The summed E-state index contributed by atoms with van der Waals surface area (Å²) < 4.78 is 4.85. The Bertz CT molecular complexity index is 1410. The molecule has 0 spiro atoms. The Labute approximate surface area is 219 Å². The first-order valence-electron chi connectivity index (χ1n) is 11.5. The number of esters is 1. The number of thioether (sulfide) groups is 1. The molecule has 8 nitrogen and oxygen atoms in total. The van der Waals surface area contributed by atoms with Crippen LogP contribution in [-0.4, -0.2) is 45.7 Å². The molecule has 0 saturated heterocycles. The number of carbonyl (C=O) groups excluding carboxylic acids is 2. The second kappa shape index (κ2) is 12.0. The maximum absolute atomic E-state index is 12.8. The Morgan fingerprint density at radius 1 is 1.14 bits per heavy atom. The minimum atomic E-state index is -0.874. The van der Waals surface area contributed by atoms with E-state index in [0.29, 0.717) is 22.0 Å². The molecule has 2 N–H and O–H groups in total. The molecule has 0 aliphatic rings. The first-order valence-corrected chi connectivity index (χ1v) is 12.5. The number of carbonyl (C=O) groups is 2. The van der Waals surface area contributed by atoms with Crippen molar-refractivity contribution in [3.05, 3.63) is 90.0 Å². The minimum Gasteiger partial charge on any atom is -0.467 e. The SMILES string of the molecule is COC(=O)[C@H](Cc1cnc[nH]1)NC(=O)CSc1nc(-c2ccccc2)cc(-c2ccc(C)cc2)c1C#N. The van der Waals surface area contributed by atoms with Crippen molar-refractivity contribution in [2.24, 2.45) is 0 Å². The van der Waals surface area contributed by atoms with Gasteiger partial charge in [0, 0.05) is 29.4 Å². The standard InChI is InChI=1S/C28H25N5O3S/c1-18-8-10-19(11-9-18)22-13-24(20-6-4-3-5-7-20)33-27(23(22)14-29)37-16-26(34)32-25(28(35)36-2)12-21-15-30-17-31-21/h3-11,13,15,17,25H,12,16H2,1-2H3,(H,30,31)(H,32,34)/t25-/m0/s1. The molecule has 2 aromatic carbocycles. The van der Waals surface area contributed by atoms with Gasteiger partial charge in [-0.3, -0.25) is 4.79 Å². The number of amides is 1. The summed E-state index contributed by atoms with van der Waals surface area (Å²) in [6, 6.07) is 20.9. The van der Waals surface area contributed by atoms with Crippen molar-refractivity contribution < 1.29 is 14.3 Å². The van der Waals surface area contributed by atoms with Crippen LogP contribution >= 0.6 is 11.8 Å². The third-order valence-corrected chi connectivity index (χ3v) is 6.65. The zero-order valence-corrected chi connectivity index (χ0v) is 21.2. The minimum absolute atomic E-state index is 0.0380. The van der Waals surface area contributed by atoms with E-state index in [2.05, 4.69) is 21.4 Å². The van der Waals surface area contributed by atoms with Gasteiger partial charge in [-0.15, -0.1) is 0 Å². The van der Waals surface area contributed by atoms with E-state index in [0.717, 1.165) is 34.0 Å². The predicted molar refractivity (Wildman–Crippen MR) is 142 cm³/mol. The number of benzene rings is 2. The number of ether oxygens (including phenoxy) is 1. The third-order valence-electron chi connectivity index (χ3n) is 5.67. The molecule has 0 saturated carbocycles. The number of hydrogen-bond acceptors (Lipinski definition) is 7. The lowest BCUT2D eigenvalue weighted by Crippen LogP contribution is -2.43. The molecule has 0 unspecified atom stereocenters. The number of methoxy groups -OCH3 is 1. The Balaban J connectivity index is 1.61. The quantitative estimate of drug-likeness (QED) is 0.254. The maximum atomic E-state index is 12.8. The maximum Gasteiger partial charge on any atom is 0.328 e. The van der Waals surface area contributed by atoms with E-state index in [1.54, 1.807) is 6.20 Å². The van der Waals surface area contributed by atoms with Crippen molar-refractivity contribution >= 4 is 23.6 Å². The lowest BCUT2D eigenvalue weighted by molar-refractivity contribution is -0.144. The van der Waals surface area contributed by atoms with Crippen molar-refractivity contribution in [2.45, 2.75) is 24.4 Å². The summed E-state index contributed by atoms with van der Waals surface area (Å²) in [4.78, 5) is 36.7. The number of rotatable bonds is 9. The molecule has 37 heavy (non-hydrogen) atoms. The van der Waals surface area contributed by atoms with Gasteiger partial charge in [0.2, 0.25) is 5.91 Å². The van der Waals surface area contributed by atoms with Crippen LogP contribution in [0.2, 0.25) is 0 Å². The molecule has 0 radical (unpaired) electrons. The molecule has 1 amide bonds. The smallest absolute Gasteiger partial charge is 0.328 e. The van der Waals surface area contributed by atoms with E-state index in [-0.39, 0.29) is 18.1 Å². The van der Waals surface area contributed by atoms with Crippen molar-refractivity contribution in [3.8, 4) is 28.5 Å². The normalized spacial score (nSPS) is 11.4. The van der Waals surface area contributed by atoms with Gasteiger partial charge in [-0.05, 0) is 18.6 Å². The number of pyridine rings is 1. The molecular formula is C28H25N5O3S. The molecule has 0 aliphatic carbocycles. The summed E-state index contributed by atoms with van der Waals surface area (Å²) in [6.07, 6.45) is 3.30. The Kier molecular flexibility index (Phi) is 8.33. The van der Waals surface area contributed by atoms with Gasteiger partial charge < -0.3 is 15.0 Å². The highest BCUT2D eigenvalue weighted by Crippen LogP contribution is 2.34. The van der Waals surface area contributed by atoms with Gasteiger partial charge in [0.1, 0.15) is 17.1 Å². The van der Waals surface area contributed by atoms with Crippen LogP contribution in [-0.2, 0) is 20.7 Å². The van der Waals surface area contributed by atoms with Gasteiger partial charge >= 0.3 is 5.97 Å². The van der Waals surface area contributed by atoms with Crippen LogP contribution in [0.4, 0.5) is 0 Å². The highest BCUT2D eigenvalue weighted by Gasteiger charge is 2.23. The number of hydrogen-bond donors (Lipinski definition) is 2. The number of imidazole rings is 1. The zero-order chi connectivity index (χ0) is 26.2. The Hall–Kier alpha value is -4.42. The van der Waals surface area contributed by atoms with Crippen LogP contribution in [0, 0.1) is 18.3 Å². The van der Waals surface area contributed by atoms with E-state index in [4.69, 9.17) is 9.72 Å². The molecule has 2 heterocycles. The topological polar surface area (TPSA) is 121 Å². The van der Waals surface area contributed by atoms with E-state index < -0.39 is 12.0 Å². The molecule has 2 aromatic heterocycles. The fraction of sp³-hybridized carbons (Fsp3) is 0.179. The Morgan fingerprint density at radius 2 is 1.89 bits per heavy atom. The van der Waals surface area contributed by atoms with Crippen molar-refractivity contribution in [2.75, 3.05) is 12.9 Å². The fourth-order valence-corrected chi connectivity index (χ4v) is 4.59. The van der Waals surface area contributed by atoms with Gasteiger partial charge in [0.15, 0.2) is 0 Å². The molecule has 4 aromatic rings. The van der Waals surface area contributed by atoms with Gasteiger partial charge in [-0.2, -0.15) is 5.26 Å². The summed E-state index contributed by atoms with van der Waals surface area (Å²) in [5.41, 5.74) is 5.42. The van der Waals surface area contributed by atoms with Gasteiger partial charge in [0.05, 0.1) is 30.4 Å². The van der Waals surface area contributed by atoms with Crippen LogP contribution in [0.5, 0.6) is 0 Å². The first kappa shape index (κ1) is 25.7. The van der Waals surface area contributed by atoms with Crippen LogP contribution in [0.1, 0.15) is 16.8 Å². The Morgan fingerprint density at radius 3 is 2.54 bits per heavy atom. The first-order chi connectivity index (χ1) is 18.0. The van der Waals surface area contributed by atoms with Gasteiger partial charge in [-0.1, -0.05) is 71.9 Å². The summed E-state index contributed by atoms with van der Waals surface area (Å²) in [5, 5.41) is 13.2. The molecule has 1 atom stereocenters. The molecule has 9 heteroatoms. The lowest BCUT2D eigenvalue weighted by Gasteiger charge is -2.16. The van der Waals surface area contributed by atoms with Crippen LogP contribution in [0.25, 0.3) is 22.4 Å².